The zero-order chi connectivity index (χ0) is 28.4. The van der Waals surface area contributed by atoms with E-state index in [1.807, 2.05) is 0 Å². The zero-order valence-corrected chi connectivity index (χ0v) is 23.1. The highest BCUT2D eigenvalue weighted by molar-refractivity contribution is 6.30. The number of carbonyl (C=O) groups is 3. The molecular weight excluding hydrogens is 537 g/mol. The van der Waals surface area contributed by atoms with Crippen molar-refractivity contribution in [2.75, 3.05) is 45.1 Å². The van der Waals surface area contributed by atoms with Gasteiger partial charge >= 0.3 is 12.1 Å². The summed E-state index contributed by atoms with van der Waals surface area (Å²) in [6.07, 6.45) is 2.60. The van der Waals surface area contributed by atoms with Crippen LogP contribution in [0.2, 0.25) is 5.02 Å². The van der Waals surface area contributed by atoms with Gasteiger partial charge in [0.15, 0.2) is 0 Å². The van der Waals surface area contributed by atoms with Gasteiger partial charge in [-0.3, -0.25) is 14.3 Å². The number of likely N-dealkylation sites (N-methyl/N-ethyl adjacent to an activating group) is 1. The summed E-state index contributed by atoms with van der Waals surface area (Å²) in [5, 5.41) is 6.29. The third kappa shape index (κ3) is 5.91. The number of para-hydroxylation sites is 1. The molecule has 10 nitrogen and oxygen atoms in total. The van der Waals surface area contributed by atoms with Gasteiger partial charge in [0.1, 0.15) is 11.9 Å². The van der Waals surface area contributed by atoms with Crippen molar-refractivity contribution in [2.45, 2.75) is 32.0 Å². The number of nitrogens with two attached hydrogens (primary N) is 1. The molecule has 0 spiro atoms. The number of urea groups is 1. The number of primary amides is 1. The number of amides is 4. The molecule has 212 valence electrons. The summed E-state index contributed by atoms with van der Waals surface area (Å²) in [5.74, 6) is -0.928. The lowest BCUT2D eigenvalue weighted by molar-refractivity contribution is -0.124. The Morgan fingerprint density at radius 1 is 1.10 bits per heavy atom. The van der Waals surface area contributed by atoms with Crippen molar-refractivity contribution < 1.29 is 18.8 Å². The number of piperazine rings is 1. The quantitative estimate of drug-likeness (QED) is 0.421. The van der Waals surface area contributed by atoms with Gasteiger partial charge in [-0.2, -0.15) is 0 Å². The molecule has 2 aromatic carbocycles. The molecule has 0 saturated carbocycles. The van der Waals surface area contributed by atoms with Gasteiger partial charge in [-0.1, -0.05) is 29.8 Å². The molecule has 1 atom stereocenters. The van der Waals surface area contributed by atoms with Crippen molar-refractivity contribution in [1.82, 2.24) is 24.6 Å². The minimum atomic E-state index is -0.712. The number of halogens is 2. The van der Waals surface area contributed by atoms with Crippen LogP contribution >= 0.6 is 11.6 Å². The molecule has 0 radical (unpaired) electrons. The smallest absolute Gasteiger partial charge is 0.323 e. The summed E-state index contributed by atoms with van der Waals surface area (Å²) < 4.78 is 16.1. The molecule has 3 heterocycles. The monoisotopic (exact) mass is 569 g/mol. The van der Waals surface area contributed by atoms with Crippen LogP contribution < -0.4 is 16.4 Å². The van der Waals surface area contributed by atoms with Gasteiger partial charge in [0, 0.05) is 63.0 Å². The van der Waals surface area contributed by atoms with E-state index in [0.717, 1.165) is 31.7 Å². The maximum absolute atomic E-state index is 14.9. The zero-order valence-electron chi connectivity index (χ0n) is 22.3. The second-order valence-corrected chi connectivity index (χ2v) is 10.8. The molecule has 0 bridgehead atoms. The average molecular weight is 570 g/mol. The van der Waals surface area contributed by atoms with Crippen LogP contribution in [0.5, 0.6) is 0 Å². The maximum atomic E-state index is 14.9. The summed E-state index contributed by atoms with van der Waals surface area (Å²) in [6.45, 7) is 4.77. The number of fused-ring (bicyclic) bond motifs is 1. The van der Waals surface area contributed by atoms with E-state index in [4.69, 9.17) is 17.3 Å². The Morgan fingerprint density at radius 3 is 2.60 bits per heavy atom. The SMILES string of the molecule is CN1CCN(Cc2cc(Cl)c(F)c(CNC(=O)[C@@H]3CCCN3C(=O)Nc3cn(C(N)=O)c4ccccc34)c2)CC1. The molecule has 1 aromatic heterocycles. The Morgan fingerprint density at radius 2 is 1.85 bits per heavy atom. The predicted octanol–water partition coefficient (Wildman–Crippen LogP) is 3.42. The molecule has 4 amide bonds. The number of likely N-dealkylation sites (tertiary alicyclic amines) is 1. The first kappa shape index (κ1) is 27.9. The van der Waals surface area contributed by atoms with Crippen LogP contribution in [0.15, 0.2) is 42.6 Å². The summed E-state index contributed by atoms with van der Waals surface area (Å²) in [5.41, 5.74) is 7.65. The lowest BCUT2D eigenvalue weighted by atomic mass is 10.1. The van der Waals surface area contributed by atoms with Gasteiger partial charge in [-0.15, -0.1) is 0 Å². The Bertz CT molecular complexity index is 1440. The summed E-state index contributed by atoms with van der Waals surface area (Å²) >= 11 is 6.20. The standard InChI is InChI=1S/C28H33ClFN7O3/c1-34-9-11-35(12-10-34)16-18-13-19(25(30)21(29)14-18)15-32-26(38)24-7-4-8-36(24)28(40)33-22-17-37(27(31)39)23-6-3-2-5-20(22)23/h2-3,5-6,13-14,17,24H,4,7-12,15-16H2,1H3,(H2,31,39)(H,32,38)(H,33,40)/t24-/m0/s1. The van der Waals surface area contributed by atoms with Gasteiger partial charge in [0.2, 0.25) is 5.91 Å². The van der Waals surface area contributed by atoms with E-state index >= 15 is 0 Å². The molecule has 4 N–H and O–H groups in total. The number of nitrogens with one attached hydrogen (secondary N) is 2. The molecule has 3 aromatic rings. The largest absolute Gasteiger partial charge is 0.351 e. The number of carbonyl (C=O) groups excluding carboxylic acids is 3. The number of nitrogens with zero attached hydrogens (tertiary/aromatic N) is 4. The number of hydrogen-bond donors (Lipinski definition) is 3. The van der Waals surface area contributed by atoms with E-state index in [2.05, 4.69) is 27.5 Å². The maximum Gasteiger partial charge on any atom is 0.323 e. The Labute approximate surface area is 236 Å². The number of benzene rings is 2. The van der Waals surface area contributed by atoms with Gasteiger partial charge in [-0.05, 0) is 43.7 Å². The van der Waals surface area contributed by atoms with E-state index in [1.165, 1.54) is 15.7 Å². The highest BCUT2D eigenvalue weighted by Crippen LogP contribution is 2.28. The molecular formula is C28H33ClFN7O3. The minimum Gasteiger partial charge on any atom is -0.351 e. The summed E-state index contributed by atoms with van der Waals surface area (Å²) in [6, 6.07) is 8.60. The first-order chi connectivity index (χ1) is 19.2. The van der Waals surface area contributed by atoms with Gasteiger partial charge in [-0.25, -0.2) is 14.0 Å². The van der Waals surface area contributed by atoms with Crippen LogP contribution in [-0.4, -0.2) is 83.0 Å². The Hall–Kier alpha value is -3.67. The third-order valence-corrected chi connectivity index (χ3v) is 7.90. The summed E-state index contributed by atoms with van der Waals surface area (Å²) in [4.78, 5) is 44.2. The minimum absolute atomic E-state index is 0.0212. The molecule has 12 heteroatoms. The lowest BCUT2D eigenvalue weighted by Crippen LogP contribution is -2.47. The summed E-state index contributed by atoms with van der Waals surface area (Å²) in [7, 11) is 2.09. The van der Waals surface area contributed by atoms with E-state index in [0.29, 0.717) is 48.1 Å². The molecule has 2 saturated heterocycles. The van der Waals surface area contributed by atoms with Gasteiger partial charge in [0.25, 0.3) is 0 Å². The fourth-order valence-corrected chi connectivity index (χ4v) is 5.69. The van der Waals surface area contributed by atoms with Gasteiger partial charge in [0.05, 0.1) is 16.2 Å². The molecule has 40 heavy (non-hydrogen) atoms. The second kappa shape index (κ2) is 11.8. The average Bonchev–Trinajstić information content (AvgIpc) is 3.57. The number of anilines is 1. The van der Waals surface area contributed by atoms with Crippen molar-refractivity contribution in [1.29, 1.82) is 0 Å². The highest BCUT2D eigenvalue weighted by atomic mass is 35.5. The van der Waals surface area contributed by atoms with Crippen LogP contribution in [-0.2, 0) is 17.9 Å². The van der Waals surface area contributed by atoms with Crippen molar-refractivity contribution in [2.24, 2.45) is 5.73 Å². The van der Waals surface area contributed by atoms with Gasteiger partial charge < -0.3 is 26.2 Å². The highest BCUT2D eigenvalue weighted by Gasteiger charge is 2.34. The van der Waals surface area contributed by atoms with Crippen LogP contribution in [0.3, 0.4) is 0 Å². The Kier molecular flexibility index (Phi) is 8.24. The first-order valence-corrected chi connectivity index (χ1v) is 13.7. The predicted molar refractivity (Wildman–Crippen MR) is 152 cm³/mol. The van der Waals surface area contributed by atoms with E-state index in [-0.39, 0.29) is 17.5 Å². The molecule has 2 aliphatic rings. The molecule has 2 aliphatic heterocycles. The molecule has 5 rings (SSSR count). The van der Waals surface area contributed by atoms with Crippen molar-refractivity contribution >= 4 is 46.2 Å². The second-order valence-electron chi connectivity index (χ2n) is 10.4. The normalized spacial score (nSPS) is 18.3. The molecule has 0 unspecified atom stereocenters. The lowest BCUT2D eigenvalue weighted by Gasteiger charge is -2.32. The van der Waals surface area contributed by atoms with E-state index in [9.17, 15) is 18.8 Å². The van der Waals surface area contributed by atoms with E-state index < -0.39 is 23.9 Å². The fourth-order valence-electron chi connectivity index (χ4n) is 5.42. The van der Waals surface area contributed by atoms with Crippen LogP contribution in [0, 0.1) is 5.82 Å². The molecule has 0 aliphatic carbocycles. The first-order valence-electron chi connectivity index (χ1n) is 13.3. The third-order valence-electron chi connectivity index (χ3n) is 7.63. The number of hydrogen-bond acceptors (Lipinski definition) is 5. The Balaban J connectivity index is 1.24. The van der Waals surface area contributed by atoms with Crippen LogP contribution in [0.4, 0.5) is 19.7 Å². The van der Waals surface area contributed by atoms with Crippen molar-refractivity contribution in [3.63, 3.8) is 0 Å². The number of aromatic nitrogens is 1. The van der Waals surface area contributed by atoms with Crippen molar-refractivity contribution in [3.8, 4) is 0 Å². The van der Waals surface area contributed by atoms with Crippen LogP contribution in [0.25, 0.3) is 10.9 Å². The topological polar surface area (TPSA) is 116 Å². The molecule has 2 fully saturated rings. The van der Waals surface area contributed by atoms with Crippen LogP contribution in [0.1, 0.15) is 24.0 Å². The van der Waals surface area contributed by atoms with E-state index in [1.54, 1.807) is 36.4 Å². The fraction of sp³-hybridized carbons (Fsp3) is 0.393. The van der Waals surface area contributed by atoms with Crippen molar-refractivity contribution in [3.05, 3.63) is 64.6 Å². The number of rotatable bonds is 6.